The average molecular weight is 1360 g/mol. The van der Waals surface area contributed by atoms with Crippen LogP contribution >= 0.6 is 11.8 Å². The number of hydrogen-bond acceptors (Lipinski definition) is 20. The molecule has 28 N–H and O–H groups in total. The molecule has 0 aliphatic carbocycles. The van der Waals surface area contributed by atoms with Gasteiger partial charge in [0.25, 0.3) is 0 Å². The molecule has 0 aromatic rings. The number of aliphatic hydroxyl groups is 2. The Morgan fingerprint density at radius 1 is 0.489 bits per heavy atom. The van der Waals surface area contributed by atoms with Gasteiger partial charge in [0, 0.05) is 19.5 Å². The number of nitrogens with zero attached hydrogens (tertiary/aromatic N) is 2. The third-order valence-corrected chi connectivity index (χ3v) is 15.1. The molecule has 37 heteroatoms. The van der Waals surface area contributed by atoms with Gasteiger partial charge in [0.15, 0.2) is 11.9 Å². The zero-order valence-corrected chi connectivity index (χ0v) is 56.2. The van der Waals surface area contributed by atoms with Gasteiger partial charge in [-0.05, 0) is 114 Å². The molecule has 0 heterocycles. The number of unbranched alkanes of at least 4 members (excludes halogenated alkanes) is 1. The van der Waals surface area contributed by atoms with Crippen LogP contribution in [0.4, 0.5) is 0 Å². The molecule has 536 valence electrons. The second kappa shape index (κ2) is 46.0. The summed E-state index contributed by atoms with van der Waals surface area (Å²) >= 11 is 1.31. The van der Waals surface area contributed by atoms with E-state index in [0.29, 0.717) is 18.6 Å². The second-order valence-corrected chi connectivity index (χ2v) is 24.4. The Hall–Kier alpha value is -8.16. The van der Waals surface area contributed by atoms with E-state index in [1.165, 1.54) is 18.7 Å². The Morgan fingerprint density at radius 3 is 1.33 bits per heavy atom. The Labute approximate surface area is 552 Å². The number of aliphatic carboxylic acids is 1. The summed E-state index contributed by atoms with van der Waals surface area (Å²) in [6.07, 6.45) is 0.356. The highest BCUT2D eigenvalue weighted by molar-refractivity contribution is 7.98. The number of guanidine groups is 2. The van der Waals surface area contributed by atoms with E-state index in [1.807, 2.05) is 0 Å². The average Bonchev–Trinajstić information content (AvgIpc) is 0.881. The predicted molar refractivity (Wildman–Crippen MR) is 350 cm³/mol. The van der Waals surface area contributed by atoms with Gasteiger partial charge in [0.2, 0.25) is 70.9 Å². The Balaban J connectivity index is 6.97. The van der Waals surface area contributed by atoms with Gasteiger partial charge in [-0.3, -0.25) is 72.3 Å². The number of carboxylic acids is 1. The minimum absolute atomic E-state index is 0.00576. The summed E-state index contributed by atoms with van der Waals surface area (Å²) < 4.78 is 0. The lowest BCUT2D eigenvalue weighted by Crippen LogP contribution is -2.62. The fraction of sp³-hybridized carbons (Fsp3) is 0.737. The zero-order valence-electron chi connectivity index (χ0n) is 55.4. The minimum atomic E-state index is -1.80. The molecule has 0 unspecified atom stereocenters. The molecule has 36 nitrogen and oxygen atoms in total. The number of nitrogens with one attached hydrogen (secondary N) is 11. The first-order valence-electron chi connectivity index (χ1n) is 31.2. The number of carboxylic acid groups (broad SMARTS) is 1. The summed E-state index contributed by atoms with van der Waals surface area (Å²) in [5.41, 5.74) is 39.2. The fourth-order valence-corrected chi connectivity index (χ4v) is 9.22. The zero-order chi connectivity index (χ0) is 71.9. The smallest absolute Gasteiger partial charge is 0.322 e. The summed E-state index contributed by atoms with van der Waals surface area (Å²) in [5, 5.41) is 57.0. The van der Waals surface area contributed by atoms with Crippen LogP contribution in [0.3, 0.4) is 0 Å². The van der Waals surface area contributed by atoms with Crippen molar-refractivity contribution in [2.24, 2.45) is 67.9 Å². The molecular formula is C57H106N20O16S. The molecule has 0 spiro atoms. The number of rotatable bonds is 48. The third-order valence-electron chi connectivity index (χ3n) is 14.5. The molecule has 12 amide bonds. The van der Waals surface area contributed by atoms with Crippen molar-refractivity contribution in [1.29, 1.82) is 0 Å². The molecule has 0 rings (SSSR count). The summed E-state index contributed by atoms with van der Waals surface area (Å²) in [5.74, 6) is -13.8. The third kappa shape index (κ3) is 34.7. The molecule has 0 aromatic carbocycles. The molecule has 94 heavy (non-hydrogen) atoms. The van der Waals surface area contributed by atoms with E-state index < -0.39 is 175 Å². The van der Waals surface area contributed by atoms with Crippen molar-refractivity contribution in [3.63, 3.8) is 0 Å². The van der Waals surface area contributed by atoms with Gasteiger partial charge >= 0.3 is 5.97 Å². The molecule has 0 radical (unpaired) electrons. The Morgan fingerprint density at radius 2 is 0.904 bits per heavy atom. The van der Waals surface area contributed by atoms with Crippen molar-refractivity contribution in [3.8, 4) is 0 Å². The number of carbonyl (C=O) groups excluding carboxylic acids is 12. The van der Waals surface area contributed by atoms with Gasteiger partial charge in [-0.25, -0.2) is 0 Å². The SMILES string of the molecule is CC[C@H](C)[C@H](NC(=O)[C@H](C)NC(=O)[C@@H](NC(=O)[C@H](CCC(N)=O)NC(=O)[C@H](CCCCN)NC(=O)[C@@H](N)C(C)C)[C@@H](C)O)C(=O)N[C@@H](CCCN=C(N)N)C(=O)N[C@@H](CC(C)C)C(=O)N[C@@H](CCCN=C(N)N)C(=O)N[C@@H](CCSC)C(=O)N[C@@H](CO)C(=O)NCC(=O)O. The van der Waals surface area contributed by atoms with E-state index in [2.05, 4.69) is 68.5 Å². The van der Waals surface area contributed by atoms with Crippen LogP contribution in [0.25, 0.3) is 0 Å². The second-order valence-electron chi connectivity index (χ2n) is 23.4. The normalized spacial score (nSPS) is 15.3. The number of carbonyl (C=O) groups is 13. The van der Waals surface area contributed by atoms with Crippen LogP contribution in [0.1, 0.15) is 132 Å². The summed E-state index contributed by atoms with van der Waals surface area (Å²) in [4.78, 5) is 183. The van der Waals surface area contributed by atoms with Crippen molar-refractivity contribution in [1.82, 2.24) is 58.5 Å². The number of amides is 12. The number of primary amides is 1. The van der Waals surface area contributed by atoms with Crippen molar-refractivity contribution >= 4 is 101 Å². The number of nitrogens with two attached hydrogens (primary N) is 7. The quantitative estimate of drug-likeness (QED) is 0.0153. The van der Waals surface area contributed by atoms with Crippen LogP contribution in [-0.2, 0) is 62.3 Å². The van der Waals surface area contributed by atoms with Crippen LogP contribution in [0, 0.1) is 17.8 Å². The number of thioether (sulfide) groups is 1. The van der Waals surface area contributed by atoms with Crippen molar-refractivity contribution in [3.05, 3.63) is 0 Å². The molecule has 0 aromatic heterocycles. The maximum atomic E-state index is 14.5. The Bertz CT molecular complexity index is 2560. The van der Waals surface area contributed by atoms with Crippen LogP contribution in [0.15, 0.2) is 9.98 Å². The molecule has 13 atom stereocenters. The monoisotopic (exact) mass is 1360 g/mol. The van der Waals surface area contributed by atoms with Crippen LogP contribution in [0.5, 0.6) is 0 Å². The van der Waals surface area contributed by atoms with Crippen molar-refractivity contribution in [2.75, 3.05) is 44.8 Å². The number of aliphatic imine (C=N–C) groups is 2. The van der Waals surface area contributed by atoms with Crippen LogP contribution < -0.4 is 98.6 Å². The molecule has 0 bridgehead atoms. The summed E-state index contributed by atoms with van der Waals surface area (Å²) in [6, 6.07) is -15.7. The van der Waals surface area contributed by atoms with E-state index >= 15 is 0 Å². The highest BCUT2D eigenvalue weighted by atomic mass is 32.2. The first kappa shape index (κ1) is 85.8. The molecule has 0 saturated heterocycles. The first-order chi connectivity index (χ1) is 44.0. The van der Waals surface area contributed by atoms with Crippen molar-refractivity contribution < 1.29 is 77.6 Å². The lowest BCUT2D eigenvalue weighted by Gasteiger charge is -2.30. The molecule has 0 fully saturated rings. The van der Waals surface area contributed by atoms with Crippen LogP contribution in [-0.4, -0.2) is 221 Å². The van der Waals surface area contributed by atoms with Gasteiger partial charge in [0.05, 0.1) is 18.8 Å². The maximum absolute atomic E-state index is 14.5. The highest BCUT2D eigenvalue weighted by Gasteiger charge is 2.38. The largest absolute Gasteiger partial charge is 0.480 e. The van der Waals surface area contributed by atoms with Gasteiger partial charge in [-0.15, -0.1) is 0 Å². The highest BCUT2D eigenvalue weighted by Crippen LogP contribution is 2.14. The number of hydrogen-bond donors (Lipinski definition) is 21. The van der Waals surface area contributed by atoms with E-state index in [0.717, 1.165) is 6.92 Å². The molecule has 0 saturated carbocycles. The summed E-state index contributed by atoms with van der Waals surface area (Å²) in [6.45, 7) is 11.1. The van der Waals surface area contributed by atoms with Crippen molar-refractivity contribution in [2.45, 2.75) is 205 Å². The molecule has 0 aliphatic rings. The summed E-state index contributed by atoms with van der Waals surface area (Å²) in [7, 11) is 0. The van der Waals surface area contributed by atoms with Gasteiger partial charge in [-0.1, -0.05) is 48.0 Å². The van der Waals surface area contributed by atoms with Gasteiger partial charge in [0.1, 0.15) is 67.0 Å². The van der Waals surface area contributed by atoms with E-state index in [-0.39, 0.29) is 101 Å². The molecule has 0 aliphatic heterocycles. The minimum Gasteiger partial charge on any atom is -0.480 e. The lowest BCUT2D eigenvalue weighted by molar-refractivity contribution is -0.139. The van der Waals surface area contributed by atoms with E-state index in [1.54, 1.807) is 47.8 Å². The predicted octanol–water partition coefficient (Wildman–Crippen LogP) is -7.24. The maximum Gasteiger partial charge on any atom is 0.322 e. The number of aliphatic hydroxyl groups excluding tert-OH is 2. The Kier molecular flexibility index (Phi) is 42.0. The topological polar surface area (TPSA) is 622 Å². The van der Waals surface area contributed by atoms with E-state index in [9.17, 15) is 72.5 Å². The van der Waals surface area contributed by atoms with Gasteiger partial charge in [-0.2, -0.15) is 11.8 Å². The first-order valence-corrected chi connectivity index (χ1v) is 32.6. The fourth-order valence-electron chi connectivity index (χ4n) is 8.75. The van der Waals surface area contributed by atoms with Gasteiger partial charge < -0.3 is 114 Å². The van der Waals surface area contributed by atoms with Crippen LogP contribution in [0.2, 0.25) is 0 Å². The standard InChI is InChI=1S/C57H106N20O16S/c1-10-30(6)43(76-45(83)31(7)68-55(93)44(32(8)79)77-51(89)36(18-19-40(59)80)70-47(85)33(15-11-12-21-58)72-53(91)42(60)29(4)5)54(92)73-35(17-14-23-66-57(63)64)49(87)74-38(25-28(2)3)52(90)69-34(16-13-22-65-56(61)62)48(86)71-37(20-24-94-9)50(88)75-39(27-78)46(84)67-26-41(81)82/h28-39,42-44,78-79H,10-27,58,60H2,1-9H3,(H2,59,80)(H,67,84)(H,68,93)(H,69,90)(H,70,85)(H,71,86)(H,72,91)(H,73,92)(H,74,87)(H,75,88)(H,76,83)(H,77,89)(H,81,82)(H4,61,62,65)(H4,63,64,66)/t30-,31-,32+,33-,34-,35-,36-,37-,38-,39-,42-,43-,44-/m0/s1. The van der Waals surface area contributed by atoms with E-state index in [4.69, 9.17) is 45.2 Å². The molecular weight excluding hydrogens is 1250 g/mol. The lowest BCUT2D eigenvalue weighted by atomic mass is 9.97.